The summed E-state index contributed by atoms with van der Waals surface area (Å²) in [6.07, 6.45) is 2.46. The largest absolute Gasteiger partial charge is 0.504 e. The molecule has 0 bridgehead atoms. The molecule has 3 aromatic heterocycles. The number of hydrogen-bond acceptors (Lipinski definition) is 10. The molecule has 1 aliphatic rings. The van der Waals surface area contributed by atoms with E-state index in [1.54, 1.807) is 11.9 Å². The van der Waals surface area contributed by atoms with E-state index in [0.29, 0.717) is 29.9 Å². The fourth-order valence-electron chi connectivity index (χ4n) is 2.40. The van der Waals surface area contributed by atoms with Crippen LogP contribution in [0.2, 0.25) is 0 Å². The number of thiophene rings is 1. The molecule has 0 spiro atoms. The second kappa shape index (κ2) is 12.2. The van der Waals surface area contributed by atoms with Crippen LogP contribution in [-0.2, 0) is 6.54 Å². The van der Waals surface area contributed by atoms with Gasteiger partial charge in [-0.15, -0.1) is 11.3 Å². The molecule has 0 unspecified atom stereocenters. The van der Waals surface area contributed by atoms with Crippen molar-refractivity contribution in [1.29, 1.82) is 0 Å². The maximum absolute atomic E-state index is 10.5. The van der Waals surface area contributed by atoms with Crippen molar-refractivity contribution in [3.05, 3.63) is 29.0 Å². The first-order valence-electron chi connectivity index (χ1n) is 10.2. The van der Waals surface area contributed by atoms with Crippen LogP contribution in [0.1, 0.15) is 52.1 Å². The highest BCUT2D eigenvalue weighted by atomic mass is 32.2. The average Bonchev–Trinajstić information content (AvgIpc) is 3.27. The molecule has 0 atom stereocenters. The molecule has 1 fully saturated rings. The molecule has 0 aromatic carbocycles. The van der Waals surface area contributed by atoms with Gasteiger partial charge in [0.25, 0.3) is 0 Å². The molecule has 4 rings (SSSR count). The lowest BCUT2D eigenvalue weighted by Crippen LogP contribution is -2.10. The van der Waals surface area contributed by atoms with Crippen molar-refractivity contribution in [3.8, 4) is 5.75 Å². The minimum absolute atomic E-state index is 0.258. The van der Waals surface area contributed by atoms with Crippen LogP contribution in [0.15, 0.2) is 26.1 Å². The Hall–Kier alpha value is -1.75. The van der Waals surface area contributed by atoms with Crippen molar-refractivity contribution in [2.24, 2.45) is 0 Å². The molecule has 0 aliphatic heterocycles. The van der Waals surface area contributed by atoms with Crippen molar-refractivity contribution in [3.63, 3.8) is 0 Å². The van der Waals surface area contributed by atoms with Crippen molar-refractivity contribution >= 4 is 52.3 Å². The number of furan rings is 1. The van der Waals surface area contributed by atoms with Crippen LogP contribution in [0, 0.1) is 6.92 Å². The van der Waals surface area contributed by atoms with E-state index < -0.39 is 0 Å². The van der Waals surface area contributed by atoms with E-state index >= 15 is 0 Å². The summed E-state index contributed by atoms with van der Waals surface area (Å²) in [6, 6.07) is 4.48. The van der Waals surface area contributed by atoms with Gasteiger partial charge in [-0.3, -0.25) is 0 Å². The fraction of sp³-hybridized carbons (Fsp3) is 0.500. The standard InChI is InChI=1S/C16H19N5O2S3.2C2H6/c1-9-3-6-11(23-9)7-17-14-15(20-26-19-14)18-12-8-24-16(13(12)22)25-21(2)10-4-5-10;2*1-2/h3,6,8,10,22H,4-5,7H2,1-2H3,(H,17,19)(H,18,20);2*1-2H3. The van der Waals surface area contributed by atoms with Crippen molar-refractivity contribution < 1.29 is 9.52 Å². The lowest BCUT2D eigenvalue weighted by atomic mass is 10.4. The van der Waals surface area contributed by atoms with E-state index in [1.807, 2.05) is 52.1 Å². The van der Waals surface area contributed by atoms with Gasteiger partial charge in [0.05, 0.1) is 24.0 Å². The Kier molecular flexibility index (Phi) is 9.96. The zero-order valence-corrected chi connectivity index (χ0v) is 20.8. The summed E-state index contributed by atoms with van der Waals surface area (Å²) in [4.78, 5) is 0. The molecule has 30 heavy (non-hydrogen) atoms. The summed E-state index contributed by atoms with van der Waals surface area (Å²) >= 11 is 4.22. The quantitative estimate of drug-likeness (QED) is 0.314. The number of rotatable bonds is 8. The molecule has 3 heterocycles. The van der Waals surface area contributed by atoms with Crippen LogP contribution in [-0.4, -0.2) is 31.2 Å². The van der Waals surface area contributed by atoms with Gasteiger partial charge in [0.2, 0.25) is 0 Å². The Morgan fingerprint density at radius 2 is 1.90 bits per heavy atom. The molecule has 166 valence electrons. The van der Waals surface area contributed by atoms with Gasteiger partial charge in [0.15, 0.2) is 17.4 Å². The zero-order chi connectivity index (χ0) is 22.1. The SMILES string of the molecule is CC.CC.Cc1ccc(CNc2nsnc2Nc2csc(SN(C)C3CC3)c2O)o1. The van der Waals surface area contributed by atoms with Crippen molar-refractivity contribution in [2.75, 3.05) is 17.7 Å². The first-order valence-corrected chi connectivity index (χ1v) is 12.6. The summed E-state index contributed by atoms with van der Waals surface area (Å²) in [6.45, 7) is 10.4. The lowest BCUT2D eigenvalue weighted by molar-refractivity contribution is 0.467. The molecule has 0 saturated heterocycles. The molecule has 3 aromatic rings. The van der Waals surface area contributed by atoms with E-state index in [2.05, 4.69) is 30.7 Å². The van der Waals surface area contributed by atoms with Crippen LogP contribution in [0.4, 0.5) is 17.3 Å². The summed E-state index contributed by atoms with van der Waals surface area (Å²) in [7, 11) is 2.07. The van der Waals surface area contributed by atoms with Crippen LogP contribution in [0.3, 0.4) is 0 Å². The van der Waals surface area contributed by atoms with Gasteiger partial charge in [-0.1, -0.05) is 27.7 Å². The van der Waals surface area contributed by atoms with Crippen molar-refractivity contribution in [2.45, 2.75) is 64.3 Å². The minimum atomic E-state index is 0.258. The number of aromatic nitrogens is 2. The predicted molar refractivity (Wildman–Crippen MR) is 129 cm³/mol. The normalized spacial score (nSPS) is 12.6. The molecule has 0 radical (unpaired) electrons. The second-order valence-corrected chi connectivity index (χ2v) is 8.94. The molecule has 1 saturated carbocycles. The van der Waals surface area contributed by atoms with Crippen molar-refractivity contribution in [1.82, 2.24) is 13.1 Å². The Morgan fingerprint density at radius 1 is 1.20 bits per heavy atom. The van der Waals surface area contributed by atoms with Gasteiger partial charge in [-0.05, 0) is 50.9 Å². The number of anilines is 3. The van der Waals surface area contributed by atoms with E-state index in [9.17, 15) is 5.11 Å². The third kappa shape index (κ3) is 6.63. The summed E-state index contributed by atoms with van der Waals surface area (Å²) in [5.74, 6) is 3.20. The number of hydrogen-bond donors (Lipinski definition) is 3. The third-order valence-corrected chi connectivity index (χ3v) is 6.73. The van der Waals surface area contributed by atoms with Gasteiger partial charge < -0.3 is 20.2 Å². The summed E-state index contributed by atoms with van der Waals surface area (Å²) < 4.78 is 17.2. The molecule has 1 aliphatic carbocycles. The Morgan fingerprint density at radius 3 is 2.53 bits per heavy atom. The smallest absolute Gasteiger partial charge is 0.188 e. The molecular formula is C20H31N5O2S3. The van der Waals surface area contributed by atoms with Crippen LogP contribution in [0.5, 0.6) is 5.75 Å². The maximum Gasteiger partial charge on any atom is 0.188 e. The number of aryl methyl sites for hydroxylation is 1. The summed E-state index contributed by atoms with van der Waals surface area (Å²) in [5, 5.41) is 18.8. The topological polar surface area (TPSA) is 86.5 Å². The zero-order valence-electron chi connectivity index (χ0n) is 18.4. The Bertz CT molecular complexity index is 889. The lowest BCUT2D eigenvalue weighted by Gasteiger charge is -2.12. The first-order chi connectivity index (χ1) is 14.6. The average molecular weight is 470 g/mol. The van der Waals surface area contributed by atoms with E-state index in [-0.39, 0.29) is 5.75 Å². The monoisotopic (exact) mass is 469 g/mol. The van der Waals surface area contributed by atoms with E-state index in [4.69, 9.17) is 4.42 Å². The summed E-state index contributed by atoms with van der Waals surface area (Å²) in [5.41, 5.74) is 0.645. The highest BCUT2D eigenvalue weighted by Crippen LogP contribution is 2.45. The van der Waals surface area contributed by atoms with E-state index in [0.717, 1.165) is 27.5 Å². The maximum atomic E-state index is 10.5. The Labute approximate surface area is 191 Å². The highest BCUT2D eigenvalue weighted by molar-refractivity contribution is 7.99. The first kappa shape index (κ1) is 24.5. The van der Waals surface area contributed by atoms with Gasteiger partial charge in [-0.25, -0.2) is 4.31 Å². The van der Waals surface area contributed by atoms with Gasteiger partial charge >= 0.3 is 0 Å². The third-order valence-electron chi connectivity index (χ3n) is 3.99. The van der Waals surface area contributed by atoms with Gasteiger partial charge in [0.1, 0.15) is 15.7 Å². The molecule has 10 heteroatoms. The van der Waals surface area contributed by atoms with Crippen LogP contribution in [0.25, 0.3) is 0 Å². The molecular weight excluding hydrogens is 438 g/mol. The predicted octanol–water partition coefficient (Wildman–Crippen LogP) is 6.72. The number of nitrogens with one attached hydrogen (secondary N) is 2. The van der Waals surface area contributed by atoms with Crippen LogP contribution < -0.4 is 10.6 Å². The van der Waals surface area contributed by atoms with E-state index in [1.165, 1.54) is 24.2 Å². The molecule has 0 amide bonds. The van der Waals surface area contributed by atoms with Crippen LogP contribution >= 0.6 is 35.0 Å². The fourth-order valence-corrected chi connectivity index (χ4v) is 4.99. The molecule has 7 nitrogen and oxygen atoms in total. The van der Waals surface area contributed by atoms with Gasteiger partial charge in [0, 0.05) is 11.4 Å². The Balaban J connectivity index is 0.000000757. The minimum Gasteiger partial charge on any atom is -0.504 e. The second-order valence-electron chi connectivity index (χ2n) is 6.11. The number of aromatic hydroxyl groups is 1. The number of nitrogens with zero attached hydrogens (tertiary/aromatic N) is 3. The van der Waals surface area contributed by atoms with Gasteiger partial charge in [-0.2, -0.15) is 8.75 Å². The highest BCUT2D eigenvalue weighted by Gasteiger charge is 2.28. The molecule has 3 N–H and O–H groups in total.